The van der Waals surface area contributed by atoms with Crippen molar-refractivity contribution in [3.8, 4) is 0 Å². The summed E-state index contributed by atoms with van der Waals surface area (Å²) in [6.45, 7) is 0.595. The number of hydrogen-bond donors (Lipinski definition) is 1. The van der Waals surface area contributed by atoms with Gasteiger partial charge in [-0.25, -0.2) is 4.79 Å². The Morgan fingerprint density at radius 1 is 1.29 bits per heavy atom. The van der Waals surface area contributed by atoms with Crippen LogP contribution in [0.4, 0.5) is 0 Å². The van der Waals surface area contributed by atoms with Crippen molar-refractivity contribution < 1.29 is 14.6 Å². The Morgan fingerprint density at radius 2 is 2.06 bits per heavy atom. The Hall–Kier alpha value is -1.87. The van der Waals surface area contributed by atoms with Crippen LogP contribution in [0.2, 0.25) is 0 Å². The maximum Gasteiger partial charge on any atom is 0.336 e. The number of benzene rings is 2. The Morgan fingerprint density at radius 3 is 2.76 bits per heavy atom. The van der Waals surface area contributed by atoms with Gasteiger partial charge in [0.15, 0.2) is 0 Å². The van der Waals surface area contributed by atoms with Gasteiger partial charge in [-0.15, -0.1) is 0 Å². The maximum absolute atomic E-state index is 11.2. The van der Waals surface area contributed by atoms with Gasteiger partial charge in [0.25, 0.3) is 0 Å². The zero-order valence-electron chi connectivity index (χ0n) is 9.64. The van der Waals surface area contributed by atoms with E-state index in [1.165, 1.54) is 0 Å². The van der Waals surface area contributed by atoms with Crippen LogP contribution in [-0.4, -0.2) is 24.8 Å². The lowest BCUT2D eigenvalue weighted by Gasteiger charge is -2.07. The molecule has 0 aliphatic heterocycles. The summed E-state index contributed by atoms with van der Waals surface area (Å²) in [5.74, 6) is -0.888. The summed E-state index contributed by atoms with van der Waals surface area (Å²) >= 11 is 0. The first kappa shape index (κ1) is 11.6. The molecule has 0 heterocycles. The summed E-state index contributed by atoms with van der Waals surface area (Å²) in [6.07, 6.45) is 0.724. The van der Waals surface area contributed by atoms with E-state index in [1.807, 2.05) is 30.3 Å². The van der Waals surface area contributed by atoms with Gasteiger partial charge in [-0.2, -0.15) is 0 Å². The topological polar surface area (TPSA) is 46.5 Å². The molecular formula is C14H14O3. The first-order chi connectivity index (χ1) is 8.22. The molecule has 0 aliphatic rings. The second-order valence-corrected chi connectivity index (χ2v) is 3.91. The van der Waals surface area contributed by atoms with Crippen LogP contribution in [0.25, 0.3) is 10.8 Å². The quantitative estimate of drug-likeness (QED) is 0.878. The van der Waals surface area contributed by atoms with E-state index in [0.29, 0.717) is 12.2 Å². The average Bonchev–Trinajstić information content (AvgIpc) is 2.35. The van der Waals surface area contributed by atoms with Gasteiger partial charge in [0.2, 0.25) is 0 Å². The first-order valence-corrected chi connectivity index (χ1v) is 5.46. The molecule has 0 radical (unpaired) electrons. The Balaban J connectivity index is 2.55. The number of fused-ring (bicyclic) bond motifs is 1. The summed E-state index contributed by atoms with van der Waals surface area (Å²) in [5, 5.41) is 10.9. The number of methoxy groups -OCH3 is 1. The summed E-state index contributed by atoms with van der Waals surface area (Å²) < 4.78 is 5.01. The summed E-state index contributed by atoms with van der Waals surface area (Å²) in [7, 11) is 1.64. The molecule has 17 heavy (non-hydrogen) atoms. The van der Waals surface area contributed by atoms with Crippen LogP contribution in [0.1, 0.15) is 15.9 Å². The van der Waals surface area contributed by atoms with Crippen molar-refractivity contribution in [2.45, 2.75) is 6.42 Å². The van der Waals surface area contributed by atoms with E-state index in [9.17, 15) is 9.90 Å². The molecule has 3 nitrogen and oxygen atoms in total. The number of carboxylic acids is 1. The summed E-state index contributed by atoms with van der Waals surface area (Å²) in [5.41, 5.74) is 1.34. The molecule has 0 amide bonds. The molecule has 88 valence electrons. The van der Waals surface area contributed by atoms with Crippen molar-refractivity contribution in [3.63, 3.8) is 0 Å². The van der Waals surface area contributed by atoms with E-state index in [-0.39, 0.29) is 0 Å². The van der Waals surface area contributed by atoms with Crippen LogP contribution in [0.3, 0.4) is 0 Å². The van der Waals surface area contributed by atoms with Crippen molar-refractivity contribution in [2.75, 3.05) is 13.7 Å². The fourth-order valence-corrected chi connectivity index (χ4v) is 1.91. The minimum Gasteiger partial charge on any atom is -0.478 e. The number of rotatable bonds is 4. The molecule has 0 bridgehead atoms. The first-order valence-electron chi connectivity index (χ1n) is 5.46. The predicted molar refractivity (Wildman–Crippen MR) is 66.5 cm³/mol. The van der Waals surface area contributed by atoms with E-state index in [4.69, 9.17) is 4.74 Å². The van der Waals surface area contributed by atoms with Crippen LogP contribution in [0.15, 0.2) is 36.4 Å². The third-order valence-corrected chi connectivity index (χ3v) is 2.75. The fourth-order valence-electron chi connectivity index (χ4n) is 1.91. The van der Waals surface area contributed by atoms with Gasteiger partial charge in [0.1, 0.15) is 0 Å². The minimum absolute atomic E-state index is 0.356. The molecule has 0 atom stereocenters. The largest absolute Gasteiger partial charge is 0.478 e. The van der Waals surface area contributed by atoms with Crippen LogP contribution >= 0.6 is 0 Å². The predicted octanol–water partition coefficient (Wildman–Crippen LogP) is 2.73. The molecule has 0 fully saturated rings. The summed E-state index contributed by atoms with van der Waals surface area (Å²) in [4.78, 5) is 11.2. The third-order valence-electron chi connectivity index (χ3n) is 2.75. The zero-order valence-corrected chi connectivity index (χ0v) is 9.64. The fraction of sp³-hybridized carbons (Fsp3) is 0.214. The van der Waals surface area contributed by atoms with Gasteiger partial charge in [-0.3, -0.25) is 0 Å². The molecule has 1 N–H and O–H groups in total. The van der Waals surface area contributed by atoms with Gasteiger partial charge in [-0.1, -0.05) is 30.3 Å². The highest BCUT2D eigenvalue weighted by atomic mass is 16.5. The molecular weight excluding hydrogens is 216 g/mol. The smallest absolute Gasteiger partial charge is 0.336 e. The highest BCUT2D eigenvalue weighted by molar-refractivity contribution is 6.04. The molecule has 0 unspecified atom stereocenters. The molecule has 0 aliphatic carbocycles. The number of hydrogen-bond acceptors (Lipinski definition) is 2. The molecule has 0 aromatic heterocycles. The molecule has 0 saturated carbocycles. The normalized spacial score (nSPS) is 10.6. The van der Waals surface area contributed by atoms with Gasteiger partial charge < -0.3 is 9.84 Å². The van der Waals surface area contributed by atoms with Crippen LogP contribution in [0, 0.1) is 0 Å². The zero-order chi connectivity index (χ0) is 12.3. The SMILES string of the molecule is COCCc1cc(C(=O)O)c2ccccc2c1. The monoisotopic (exact) mass is 230 g/mol. The van der Waals surface area contributed by atoms with E-state index in [2.05, 4.69) is 0 Å². The van der Waals surface area contributed by atoms with Crippen LogP contribution < -0.4 is 0 Å². The second kappa shape index (κ2) is 4.97. The standard InChI is InChI=1S/C14H14O3/c1-17-7-6-10-8-11-4-2-3-5-12(11)13(9-10)14(15)16/h2-5,8-9H,6-7H2,1H3,(H,15,16). The highest BCUT2D eigenvalue weighted by Gasteiger charge is 2.09. The van der Waals surface area contributed by atoms with Gasteiger partial charge in [0.05, 0.1) is 12.2 Å². The lowest BCUT2D eigenvalue weighted by Crippen LogP contribution is -2.01. The second-order valence-electron chi connectivity index (χ2n) is 3.91. The Kier molecular flexibility index (Phi) is 3.40. The summed E-state index contributed by atoms with van der Waals surface area (Å²) in [6, 6.07) is 11.3. The molecule has 0 spiro atoms. The molecule has 2 aromatic rings. The maximum atomic E-state index is 11.2. The number of aromatic carboxylic acids is 1. The van der Waals surface area contributed by atoms with E-state index >= 15 is 0 Å². The van der Waals surface area contributed by atoms with Crippen molar-refractivity contribution in [1.82, 2.24) is 0 Å². The van der Waals surface area contributed by atoms with Crippen molar-refractivity contribution in [2.24, 2.45) is 0 Å². The van der Waals surface area contributed by atoms with Crippen molar-refractivity contribution >= 4 is 16.7 Å². The Labute approximate surface area is 99.6 Å². The molecule has 0 saturated heterocycles. The minimum atomic E-state index is -0.888. The van der Waals surface area contributed by atoms with Gasteiger partial charge in [0, 0.05) is 7.11 Å². The lowest BCUT2D eigenvalue weighted by molar-refractivity contribution is 0.0699. The van der Waals surface area contributed by atoms with E-state index in [1.54, 1.807) is 13.2 Å². The highest BCUT2D eigenvalue weighted by Crippen LogP contribution is 2.21. The van der Waals surface area contributed by atoms with Crippen molar-refractivity contribution in [1.29, 1.82) is 0 Å². The van der Waals surface area contributed by atoms with Crippen molar-refractivity contribution in [3.05, 3.63) is 47.5 Å². The number of carbonyl (C=O) groups is 1. The lowest BCUT2D eigenvalue weighted by atomic mass is 9.99. The van der Waals surface area contributed by atoms with E-state index < -0.39 is 5.97 Å². The molecule has 2 rings (SSSR count). The number of carboxylic acid groups (broad SMARTS) is 1. The Bertz CT molecular complexity index is 546. The molecule has 2 aromatic carbocycles. The number of ether oxygens (including phenoxy) is 1. The molecule has 3 heteroatoms. The van der Waals surface area contributed by atoms with E-state index in [0.717, 1.165) is 22.8 Å². The third kappa shape index (κ3) is 2.45. The van der Waals surface area contributed by atoms with Gasteiger partial charge >= 0.3 is 5.97 Å². The van der Waals surface area contributed by atoms with Crippen LogP contribution in [-0.2, 0) is 11.2 Å². The average molecular weight is 230 g/mol. The van der Waals surface area contributed by atoms with Crippen LogP contribution in [0.5, 0.6) is 0 Å². The van der Waals surface area contributed by atoms with Gasteiger partial charge in [-0.05, 0) is 28.8 Å².